The number of nitrogen functional groups attached to an aromatic ring is 1. The van der Waals surface area contributed by atoms with Crippen LogP contribution in [0, 0.1) is 22.0 Å². The lowest BCUT2D eigenvalue weighted by Crippen LogP contribution is -2.22. The Kier molecular flexibility index (Phi) is 3.36. The third kappa shape index (κ3) is 2.37. The molecule has 0 bridgehead atoms. The van der Waals surface area contributed by atoms with E-state index in [-0.39, 0.29) is 11.5 Å². The predicted molar refractivity (Wildman–Crippen MR) is 70.5 cm³/mol. The number of anilines is 2. The van der Waals surface area contributed by atoms with E-state index in [0.717, 1.165) is 25.3 Å². The zero-order valence-corrected chi connectivity index (χ0v) is 10.7. The monoisotopic (exact) mass is 250 g/mol. The third-order valence-electron chi connectivity index (χ3n) is 3.58. The Balaban J connectivity index is 2.16. The molecule has 98 valence electrons. The second-order valence-electron chi connectivity index (χ2n) is 5.07. The summed E-state index contributed by atoms with van der Waals surface area (Å²) >= 11 is 0. The Hall–Kier alpha value is -1.85. The Morgan fingerprint density at radius 1 is 1.56 bits per heavy atom. The summed E-state index contributed by atoms with van der Waals surface area (Å²) in [7, 11) is 0. The Bertz CT molecular complexity index is 461. The molecule has 0 amide bonds. The van der Waals surface area contributed by atoms with Crippen molar-refractivity contribution in [2.24, 2.45) is 11.8 Å². The predicted octanol–water partition coefficient (Wildman–Crippen LogP) is 2.05. The molecule has 6 nitrogen and oxygen atoms in total. The first-order chi connectivity index (χ1) is 8.49. The van der Waals surface area contributed by atoms with Gasteiger partial charge in [0.15, 0.2) is 0 Å². The van der Waals surface area contributed by atoms with Gasteiger partial charge in [-0.2, -0.15) is 0 Å². The summed E-state index contributed by atoms with van der Waals surface area (Å²) in [6.07, 6.45) is 1.14. The largest absolute Gasteiger partial charge is 0.378 e. The lowest BCUT2D eigenvalue weighted by Gasteiger charge is -2.19. The van der Waals surface area contributed by atoms with Crippen molar-refractivity contribution in [2.75, 3.05) is 23.7 Å². The number of nitrogens with two attached hydrogens (primary N) is 1. The Labute approximate surface area is 106 Å². The van der Waals surface area contributed by atoms with Gasteiger partial charge in [0, 0.05) is 19.2 Å². The van der Waals surface area contributed by atoms with Gasteiger partial charge in [-0.15, -0.1) is 0 Å². The molecule has 1 aliphatic heterocycles. The van der Waals surface area contributed by atoms with Crippen LogP contribution in [0.2, 0.25) is 0 Å². The van der Waals surface area contributed by atoms with E-state index in [2.05, 4.69) is 23.7 Å². The van der Waals surface area contributed by atoms with Gasteiger partial charge >= 0.3 is 5.69 Å². The fraction of sp³-hybridized carbons (Fsp3) is 0.583. The van der Waals surface area contributed by atoms with E-state index >= 15 is 0 Å². The number of nitro groups is 1. The molecule has 1 aliphatic rings. The van der Waals surface area contributed by atoms with E-state index in [1.54, 1.807) is 6.07 Å². The molecule has 18 heavy (non-hydrogen) atoms. The first-order valence-electron chi connectivity index (χ1n) is 6.15. The standard InChI is InChI=1S/C12H18N4O2/c1-8(2)9-5-6-15(7-9)11-4-3-10(16(17)18)12(13)14-11/h3-4,8-9H,5-7H2,1-2H3,(H2,13,14). The highest BCUT2D eigenvalue weighted by Gasteiger charge is 2.26. The van der Waals surface area contributed by atoms with Gasteiger partial charge in [-0.25, -0.2) is 4.98 Å². The van der Waals surface area contributed by atoms with Gasteiger partial charge in [-0.3, -0.25) is 10.1 Å². The molecular formula is C12H18N4O2. The summed E-state index contributed by atoms with van der Waals surface area (Å²) in [5, 5.41) is 10.7. The number of hydrogen-bond acceptors (Lipinski definition) is 5. The molecule has 0 spiro atoms. The molecule has 1 saturated heterocycles. The molecule has 2 N–H and O–H groups in total. The van der Waals surface area contributed by atoms with Gasteiger partial charge in [-0.05, 0) is 24.3 Å². The summed E-state index contributed by atoms with van der Waals surface area (Å²) in [5.74, 6) is 2.03. The molecule has 2 rings (SSSR count). The molecule has 0 aromatic carbocycles. The number of nitrogens with zero attached hydrogens (tertiary/aromatic N) is 3. The van der Waals surface area contributed by atoms with E-state index in [1.807, 2.05) is 0 Å². The maximum atomic E-state index is 10.7. The second kappa shape index (κ2) is 4.80. The normalized spacial score (nSPS) is 19.5. The highest BCUT2D eigenvalue weighted by molar-refractivity contribution is 5.58. The third-order valence-corrected chi connectivity index (χ3v) is 3.58. The van der Waals surface area contributed by atoms with Crippen LogP contribution < -0.4 is 10.6 Å². The molecular weight excluding hydrogens is 232 g/mol. The van der Waals surface area contributed by atoms with Gasteiger partial charge < -0.3 is 10.6 Å². The summed E-state index contributed by atoms with van der Waals surface area (Å²) in [5.41, 5.74) is 5.48. The first kappa shape index (κ1) is 12.6. The Morgan fingerprint density at radius 2 is 2.28 bits per heavy atom. The molecule has 1 aromatic heterocycles. The molecule has 1 atom stereocenters. The molecule has 6 heteroatoms. The van der Waals surface area contributed by atoms with E-state index in [1.165, 1.54) is 6.07 Å². The Morgan fingerprint density at radius 3 is 2.78 bits per heavy atom. The average molecular weight is 250 g/mol. The molecule has 0 aliphatic carbocycles. The smallest absolute Gasteiger partial charge is 0.311 e. The van der Waals surface area contributed by atoms with Crippen molar-refractivity contribution in [3.05, 3.63) is 22.2 Å². The van der Waals surface area contributed by atoms with E-state index in [4.69, 9.17) is 5.73 Å². The zero-order chi connectivity index (χ0) is 13.3. The second-order valence-corrected chi connectivity index (χ2v) is 5.07. The molecule has 0 saturated carbocycles. The number of rotatable bonds is 3. The SMILES string of the molecule is CC(C)C1CCN(c2ccc([N+](=O)[O-])c(N)n2)C1. The minimum absolute atomic E-state index is 0.00880. The minimum atomic E-state index is -0.507. The van der Waals surface area contributed by atoms with Crippen molar-refractivity contribution < 1.29 is 4.92 Å². The van der Waals surface area contributed by atoms with Crippen LogP contribution in [0.4, 0.5) is 17.3 Å². The lowest BCUT2D eigenvalue weighted by atomic mass is 9.95. The highest BCUT2D eigenvalue weighted by atomic mass is 16.6. The van der Waals surface area contributed by atoms with Crippen molar-refractivity contribution in [3.63, 3.8) is 0 Å². The quantitative estimate of drug-likeness (QED) is 0.655. The number of hydrogen-bond donors (Lipinski definition) is 1. The van der Waals surface area contributed by atoms with Gasteiger partial charge in [0.05, 0.1) is 4.92 Å². The number of pyridine rings is 1. The van der Waals surface area contributed by atoms with E-state index < -0.39 is 4.92 Å². The van der Waals surface area contributed by atoms with Crippen molar-refractivity contribution in [1.82, 2.24) is 4.98 Å². The number of aromatic nitrogens is 1. The first-order valence-corrected chi connectivity index (χ1v) is 6.15. The zero-order valence-electron chi connectivity index (χ0n) is 10.7. The summed E-state index contributed by atoms with van der Waals surface area (Å²) < 4.78 is 0. The van der Waals surface area contributed by atoms with Crippen LogP contribution in [-0.2, 0) is 0 Å². The van der Waals surface area contributed by atoms with Crippen molar-refractivity contribution in [1.29, 1.82) is 0 Å². The van der Waals surface area contributed by atoms with Gasteiger partial charge in [0.1, 0.15) is 5.82 Å². The van der Waals surface area contributed by atoms with Crippen molar-refractivity contribution in [2.45, 2.75) is 20.3 Å². The average Bonchev–Trinajstić information content (AvgIpc) is 2.77. The van der Waals surface area contributed by atoms with Gasteiger partial charge in [0.25, 0.3) is 0 Å². The van der Waals surface area contributed by atoms with Crippen LogP contribution in [0.25, 0.3) is 0 Å². The molecule has 0 radical (unpaired) electrons. The lowest BCUT2D eigenvalue weighted by molar-refractivity contribution is -0.384. The van der Waals surface area contributed by atoms with Crippen LogP contribution in [0.3, 0.4) is 0 Å². The van der Waals surface area contributed by atoms with Crippen LogP contribution in [0.1, 0.15) is 20.3 Å². The van der Waals surface area contributed by atoms with E-state index in [0.29, 0.717) is 11.8 Å². The van der Waals surface area contributed by atoms with Gasteiger partial charge in [-0.1, -0.05) is 13.8 Å². The van der Waals surface area contributed by atoms with Crippen molar-refractivity contribution in [3.8, 4) is 0 Å². The minimum Gasteiger partial charge on any atom is -0.378 e. The molecule has 1 aromatic rings. The van der Waals surface area contributed by atoms with Crippen LogP contribution in [-0.4, -0.2) is 23.0 Å². The fourth-order valence-electron chi connectivity index (χ4n) is 2.33. The molecule has 1 fully saturated rings. The summed E-state index contributed by atoms with van der Waals surface area (Å²) in [4.78, 5) is 16.4. The topological polar surface area (TPSA) is 85.3 Å². The fourth-order valence-corrected chi connectivity index (χ4v) is 2.33. The van der Waals surface area contributed by atoms with Gasteiger partial charge in [0.2, 0.25) is 5.82 Å². The molecule has 2 heterocycles. The summed E-state index contributed by atoms with van der Waals surface area (Å²) in [6.45, 7) is 6.31. The van der Waals surface area contributed by atoms with Crippen LogP contribution in [0.15, 0.2) is 12.1 Å². The van der Waals surface area contributed by atoms with Crippen molar-refractivity contribution >= 4 is 17.3 Å². The molecule has 1 unspecified atom stereocenters. The summed E-state index contributed by atoms with van der Waals surface area (Å²) in [6, 6.07) is 3.11. The maximum Gasteiger partial charge on any atom is 0.311 e. The van der Waals surface area contributed by atoms with Crippen LogP contribution in [0.5, 0.6) is 0 Å². The van der Waals surface area contributed by atoms with Crippen LogP contribution >= 0.6 is 0 Å². The highest BCUT2D eigenvalue weighted by Crippen LogP contribution is 2.29. The maximum absolute atomic E-state index is 10.7. The van der Waals surface area contributed by atoms with E-state index in [9.17, 15) is 10.1 Å².